The average Bonchev–Trinajstić information content (AvgIpc) is 2.69. The Morgan fingerprint density at radius 2 is 1.55 bits per heavy atom. The van der Waals surface area contributed by atoms with Gasteiger partial charge in [0.15, 0.2) is 0 Å². The molecule has 2 heteroatoms. The maximum atomic E-state index is 12.3. The van der Waals surface area contributed by atoms with Crippen LogP contribution < -0.4 is 0 Å². The number of carbonyl (C=O) groups is 2. The largest absolute Gasteiger partial charge is 0.300 e. The van der Waals surface area contributed by atoms with Crippen molar-refractivity contribution in [3.63, 3.8) is 0 Å². The molecule has 3 atom stereocenters. The lowest BCUT2D eigenvalue weighted by atomic mass is 9.76. The quantitative estimate of drug-likeness (QED) is 0.704. The lowest BCUT2D eigenvalue weighted by Gasteiger charge is -2.27. The van der Waals surface area contributed by atoms with Crippen molar-refractivity contribution in [2.45, 2.75) is 78.1 Å². The number of ketones is 2. The van der Waals surface area contributed by atoms with E-state index >= 15 is 0 Å². The van der Waals surface area contributed by atoms with Crippen molar-refractivity contribution in [1.82, 2.24) is 0 Å². The number of Topliss-reactive ketones (excluding diaryl/α,β-unsaturated/α-hetero) is 2. The fourth-order valence-corrected chi connectivity index (χ4v) is 4.43. The van der Waals surface area contributed by atoms with Gasteiger partial charge in [-0.15, -0.1) is 0 Å². The molecular formula is C18H30O2. The van der Waals surface area contributed by atoms with Crippen LogP contribution in [0.5, 0.6) is 0 Å². The van der Waals surface area contributed by atoms with Crippen LogP contribution in [0.15, 0.2) is 0 Å². The Morgan fingerprint density at radius 1 is 0.900 bits per heavy atom. The summed E-state index contributed by atoms with van der Waals surface area (Å²) < 4.78 is 0. The number of rotatable bonds is 1. The molecule has 2 aliphatic rings. The fraction of sp³-hybridized carbons (Fsp3) is 0.889. The second-order valence-electron chi connectivity index (χ2n) is 7.26. The maximum absolute atomic E-state index is 12.3. The molecule has 2 nitrogen and oxygen atoms in total. The molecule has 2 saturated carbocycles. The fourth-order valence-electron chi connectivity index (χ4n) is 4.43. The summed E-state index contributed by atoms with van der Waals surface area (Å²) in [6.45, 7) is 4.46. The Kier molecular flexibility index (Phi) is 5.80. The van der Waals surface area contributed by atoms with Gasteiger partial charge in [-0.25, -0.2) is 0 Å². The summed E-state index contributed by atoms with van der Waals surface area (Å²) in [7, 11) is 0. The monoisotopic (exact) mass is 278 g/mol. The van der Waals surface area contributed by atoms with Gasteiger partial charge < -0.3 is 0 Å². The molecule has 0 aromatic heterocycles. The molecule has 0 spiro atoms. The van der Waals surface area contributed by atoms with Crippen LogP contribution >= 0.6 is 0 Å². The van der Waals surface area contributed by atoms with E-state index in [1.54, 1.807) is 0 Å². The van der Waals surface area contributed by atoms with Gasteiger partial charge in [0.2, 0.25) is 0 Å². The van der Waals surface area contributed by atoms with Crippen LogP contribution in [-0.2, 0) is 9.59 Å². The second-order valence-corrected chi connectivity index (χ2v) is 7.26. The van der Waals surface area contributed by atoms with Crippen LogP contribution in [0.2, 0.25) is 0 Å². The van der Waals surface area contributed by atoms with Crippen molar-refractivity contribution < 1.29 is 9.59 Å². The first-order valence-corrected chi connectivity index (χ1v) is 8.64. The molecule has 0 unspecified atom stereocenters. The van der Waals surface area contributed by atoms with Gasteiger partial charge >= 0.3 is 0 Å². The highest BCUT2D eigenvalue weighted by Crippen LogP contribution is 2.44. The molecular weight excluding hydrogens is 248 g/mol. The summed E-state index contributed by atoms with van der Waals surface area (Å²) in [4.78, 5) is 24.5. The van der Waals surface area contributed by atoms with Gasteiger partial charge in [0, 0.05) is 25.2 Å². The molecule has 0 saturated heterocycles. The van der Waals surface area contributed by atoms with Crippen LogP contribution in [0.3, 0.4) is 0 Å². The Labute approximate surface area is 123 Å². The van der Waals surface area contributed by atoms with Crippen LogP contribution in [0.25, 0.3) is 0 Å². The smallest absolute Gasteiger partial charge is 0.137 e. The van der Waals surface area contributed by atoms with Gasteiger partial charge in [-0.05, 0) is 30.6 Å². The van der Waals surface area contributed by atoms with Gasteiger partial charge in [-0.2, -0.15) is 0 Å². The molecule has 0 aliphatic heterocycles. The van der Waals surface area contributed by atoms with Crippen molar-refractivity contribution >= 4 is 11.6 Å². The lowest BCUT2D eigenvalue weighted by molar-refractivity contribution is -0.127. The van der Waals surface area contributed by atoms with Gasteiger partial charge in [0.05, 0.1) is 0 Å². The highest BCUT2D eigenvalue weighted by molar-refractivity contribution is 5.89. The Bertz CT molecular complexity index is 345. The SMILES string of the molecule is CC(C)[C@H]1[C@@H]2CCCCCCCCC(=O)C[C@H]1C(=O)C2. The first-order chi connectivity index (χ1) is 9.59. The number of fused-ring (bicyclic) bond motifs is 2. The van der Waals surface area contributed by atoms with Crippen molar-refractivity contribution in [2.75, 3.05) is 0 Å². The standard InChI is InChI=1S/C18H30O2/c1-13(2)18-14-9-7-5-3-4-6-8-10-15(19)12-16(18)17(20)11-14/h13-14,16,18H,3-12H2,1-2H3/t14-,16+,18+/m1/s1. The Morgan fingerprint density at radius 3 is 2.25 bits per heavy atom. The molecule has 0 amide bonds. The van der Waals surface area contributed by atoms with Crippen LogP contribution in [0.1, 0.15) is 78.1 Å². The van der Waals surface area contributed by atoms with E-state index < -0.39 is 0 Å². The first-order valence-electron chi connectivity index (χ1n) is 8.64. The predicted molar refractivity (Wildman–Crippen MR) is 81.5 cm³/mol. The zero-order valence-corrected chi connectivity index (χ0v) is 13.2. The molecule has 2 fully saturated rings. The molecule has 0 aromatic rings. The number of carbonyl (C=O) groups excluding carboxylic acids is 2. The number of hydrogen-bond donors (Lipinski definition) is 0. The summed E-state index contributed by atoms with van der Waals surface area (Å²) in [5.74, 6) is 2.25. The molecule has 2 bridgehead atoms. The van der Waals surface area contributed by atoms with E-state index in [9.17, 15) is 9.59 Å². The Balaban J connectivity index is 2.10. The maximum Gasteiger partial charge on any atom is 0.137 e. The van der Waals surface area contributed by atoms with Crippen molar-refractivity contribution in [1.29, 1.82) is 0 Å². The molecule has 0 heterocycles. The van der Waals surface area contributed by atoms with Crippen molar-refractivity contribution in [2.24, 2.45) is 23.7 Å². The average molecular weight is 278 g/mol. The molecule has 114 valence electrons. The van der Waals surface area contributed by atoms with Crippen LogP contribution in [-0.4, -0.2) is 11.6 Å². The number of hydrogen-bond acceptors (Lipinski definition) is 2. The summed E-state index contributed by atoms with van der Waals surface area (Å²) >= 11 is 0. The summed E-state index contributed by atoms with van der Waals surface area (Å²) in [6.07, 6.45) is 10.5. The van der Waals surface area contributed by atoms with Crippen molar-refractivity contribution in [3.05, 3.63) is 0 Å². The third-order valence-electron chi connectivity index (χ3n) is 5.38. The van der Waals surface area contributed by atoms with Crippen LogP contribution in [0.4, 0.5) is 0 Å². The minimum absolute atomic E-state index is 0.0354. The predicted octanol–water partition coefficient (Wildman–Crippen LogP) is 4.56. The van der Waals surface area contributed by atoms with Gasteiger partial charge in [-0.1, -0.05) is 46.0 Å². The summed E-state index contributed by atoms with van der Waals surface area (Å²) in [6, 6.07) is 0. The van der Waals surface area contributed by atoms with Gasteiger partial charge in [0.25, 0.3) is 0 Å². The third kappa shape index (κ3) is 3.93. The molecule has 2 rings (SSSR count). The molecule has 20 heavy (non-hydrogen) atoms. The molecule has 0 aromatic carbocycles. The van der Waals surface area contributed by atoms with Gasteiger partial charge in [-0.3, -0.25) is 9.59 Å². The highest BCUT2D eigenvalue weighted by atomic mass is 16.1. The van der Waals surface area contributed by atoms with Gasteiger partial charge in [0.1, 0.15) is 11.6 Å². The van der Waals surface area contributed by atoms with Crippen molar-refractivity contribution in [3.8, 4) is 0 Å². The molecule has 2 aliphatic carbocycles. The molecule has 0 N–H and O–H groups in total. The normalized spacial score (nSPS) is 33.6. The lowest BCUT2D eigenvalue weighted by Crippen LogP contribution is -2.25. The van der Waals surface area contributed by atoms with E-state index in [0.29, 0.717) is 42.2 Å². The van der Waals surface area contributed by atoms with E-state index in [2.05, 4.69) is 13.8 Å². The topological polar surface area (TPSA) is 34.1 Å². The van der Waals surface area contributed by atoms with E-state index in [1.807, 2.05) is 0 Å². The zero-order valence-electron chi connectivity index (χ0n) is 13.2. The second kappa shape index (κ2) is 7.38. The minimum Gasteiger partial charge on any atom is -0.300 e. The highest BCUT2D eigenvalue weighted by Gasteiger charge is 2.43. The van der Waals surface area contributed by atoms with E-state index in [-0.39, 0.29) is 5.92 Å². The summed E-state index contributed by atoms with van der Waals surface area (Å²) in [5.41, 5.74) is 0. The first kappa shape index (κ1) is 15.7. The summed E-state index contributed by atoms with van der Waals surface area (Å²) in [5, 5.41) is 0. The van der Waals surface area contributed by atoms with Crippen LogP contribution in [0, 0.1) is 23.7 Å². The molecule has 0 radical (unpaired) electrons. The minimum atomic E-state index is 0.0354. The van der Waals surface area contributed by atoms with E-state index in [0.717, 1.165) is 12.8 Å². The Hall–Kier alpha value is -0.660. The third-order valence-corrected chi connectivity index (χ3v) is 5.38. The van der Waals surface area contributed by atoms with E-state index in [1.165, 1.54) is 38.5 Å². The zero-order chi connectivity index (χ0) is 14.5. The van der Waals surface area contributed by atoms with E-state index in [4.69, 9.17) is 0 Å².